The lowest BCUT2D eigenvalue weighted by Crippen LogP contribution is -2.13. The van der Waals surface area contributed by atoms with E-state index < -0.39 is 0 Å². The summed E-state index contributed by atoms with van der Waals surface area (Å²) >= 11 is 0. The van der Waals surface area contributed by atoms with Gasteiger partial charge in [-0.15, -0.1) is 0 Å². The van der Waals surface area contributed by atoms with E-state index in [0.29, 0.717) is 11.8 Å². The monoisotopic (exact) mass is 181 g/mol. The van der Waals surface area contributed by atoms with E-state index in [2.05, 4.69) is 17.1 Å². The molecule has 2 rings (SSSR count). The number of aryl methyl sites for hydroxylation is 1. The van der Waals surface area contributed by atoms with Gasteiger partial charge < -0.3 is 15.2 Å². The molecule has 13 heavy (non-hydrogen) atoms. The molecular formula is C9H15N3O. The summed E-state index contributed by atoms with van der Waals surface area (Å²) in [5.41, 5.74) is 7.78. The molecule has 72 valence electrons. The third-order valence-corrected chi connectivity index (χ3v) is 2.74. The molecule has 1 aromatic heterocycles. The van der Waals surface area contributed by atoms with Crippen molar-refractivity contribution in [2.45, 2.75) is 19.3 Å². The van der Waals surface area contributed by atoms with E-state index in [1.54, 1.807) is 0 Å². The Hall–Kier alpha value is -1.03. The molecule has 0 radical (unpaired) electrons. The molecule has 2 N–H and O–H groups in total. The molecule has 0 saturated carbocycles. The Morgan fingerprint density at radius 2 is 2.38 bits per heavy atom. The average molecular weight is 181 g/mol. The normalized spacial score (nSPS) is 24.0. The molecule has 0 spiro atoms. The molecule has 1 fully saturated rings. The molecule has 1 aliphatic rings. The highest BCUT2D eigenvalue weighted by Crippen LogP contribution is 2.32. The Morgan fingerprint density at radius 3 is 2.85 bits per heavy atom. The summed E-state index contributed by atoms with van der Waals surface area (Å²) in [4.78, 5) is 2.30. The largest absolute Gasteiger partial charge is 0.367 e. The van der Waals surface area contributed by atoms with Crippen molar-refractivity contribution in [1.82, 2.24) is 10.1 Å². The molecule has 1 aromatic rings. The quantitative estimate of drug-likeness (QED) is 0.701. The number of aromatic nitrogens is 1. The number of nitrogens with zero attached hydrogens (tertiary/aromatic N) is 2. The number of nitrogens with two attached hydrogens (primary N) is 1. The minimum absolute atomic E-state index is 0.498. The van der Waals surface area contributed by atoms with E-state index in [-0.39, 0.29) is 0 Å². The van der Waals surface area contributed by atoms with Crippen molar-refractivity contribution in [1.29, 1.82) is 0 Å². The zero-order valence-electron chi connectivity index (χ0n) is 8.08. The van der Waals surface area contributed by atoms with E-state index in [4.69, 9.17) is 10.3 Å². The van der Waals surface area contributed by atoms with Gasteiger partial charge in [0.1, 0.15) is 0 Å². The molecule has 0 aromatic carbocycles. The number of likely N-dealkylation sites (N-methyl/N-ethyl adjacent to an activating group) is 1. The van der Waals surface area contributed by atoms with Crippen molar-refractivity contribution in [3.8, 4) is 0 Å². The average Bonchev–Trinajstić information content (AvgIpc) is 2.60. The van der Waals surface area contributed by atoms with Crippen LogP contribution in [0.4, 0.5) is 5.88 Å². The van der Waals surface area contributed by atoms with Gasteiger partial charge in [-0.2, -0.15) is 0 Å². The van der Waals surface area contributed by atoms with Crippen LogP contribution < -0.4 is 5.73 Å². The summed E-state index contributed by atoms with van der Waals surface area (Å²) < 4.78 is 4.95. The maximum atomic E-state index is 5.72. The summed E-state index contributed by atoms with van der Waals surface area (Å²) in [5.74, 6) is 1.01. The fourth-order valence-corrected chi connectivity index (χ4v) is 2.06. The van der Waals surface area contributed by atoms with E-state index in [0.717, 1.165) is 30.8 Å². The fraction of sp³-hybridized carbons (Fsp3) is 0.667. The van der Waals surface area contributed by atoms with Gasteiger partial charge in [-0.1, -0.05) is 5.16 Å². The number of hydrogen-bond acceptors (Lipinski definition) is 4. The van der Waals surface area contributed by atoms with Crippen LogP contribution in [-0.2, 0) is 0 Å². The highest BCUT2D eigenvalue weighted by atomic mass is 16.5. The van der Waals surface area contributed by atoms with Gasteiger partial charge >= 0.3 is 0 Å². The summed E-state index contributed by atoms with van der Waals surface area (Å²) in [5, 5.41) is 3.87. The number of hydrogen-bond donors (Lipinski definition) is 1. The second-order valence-electron chi connectivity index (χ2n) is 3.79. The fourth-order valence-electron chi connectivity index (χ4n) is 2.06. The minimum Gasteiger partial charge on any atom is -0.367 e. The van der Waals surface area contributed by atoms with E-state index in [1.807, 2.05) is 6.92 Å². The molecule has 1 atom stereocenters. The number of likely N-dealkylation sites (tertiary alicyclic amines) is 1. The maximum absolute atomic E-state index is 5.72. The number of anilines is 1. The molecule has 1 saturated heterocycles. The van der Waals surface area contributed by atoms with Crippen LogP contribution in [0.25, 0.3) is 0 Å². The molecular weight excluding hydrogens is 166 g/mol. The van der Waals surface area contributed by atoms with E-state index in [9.17, 15) is 0 Å². The van der Waals surface area contributed by atoms with E-state index in [1.165, 1.54) is 0 Å². The van der Waals surface area contributed by atoms with Gasteiger partial charge in [-0.05, 0) is 26.9 Å². The smallest absolute Gasteiger partial charge is 0.225 e. The molecule has 0 bridgehead atoms. The molecule has 4 nitrogen and oxygen atoms in total. The van der Waals surface area contributed by atoms with Crippen LogP contribution in [0.1, 0.15) is 23.6 Å². The van der Waals surface area contributed by atoms with Crippen LogP contribution in [0.2, 0.25) is 0 Å². The summed E-state index contributed by atoms with van der Waals surface area (Å²) in [6.07, 6.45) is 1.16. The van der Waals surface area contributed by atoms with Crippen molar-refractivity contribution < 1.29 is 4.52 Å². The molecule has 1 unspecified atom stereocenters. The SMILES string of the molecule is Cc1noc(N)c1C1CCN(C)C1. The maximum Gasteiger partial charge on any atom is 0.225 e. The Morgan fingerprint density at radius 1 is 1.62 bits per heavy atom. The third-order valence-electron chi connectivity index (χ3n) is 2.74. The molecule has 0 amide bonds. The topological polar surface area (TPSA) is 55.3 Å². The second-order valence-corrected chi connectivity index (χ2v) is 3.79. The molecule has 1 aliphatic heterocycles. The third kappa shape index (κ3) is 1.42. The minimum atomic E-state index is 0.498. The van der Waals surface area contributed by atoms with Crippen molar-refractivity contribution >= 4 is 5.88 Å². The first-order valence-corrected chi connectivity index (χ1v) is 4.58. The van der Waals surface area contributed by atoms with Crippen LogP contribution in [-0.4, -0.2) is 30.2 Å². The lowest BCUT2D eigenvalue weighted by Gasteiger charge is -2.08. The first-order valence-electron chi connectivity index (χ1n) is 4.58. The van der Waals surface area contributed by atoms with Crippen LogP contribution in [0.5, 0.6) is 0 Å². The van der Waals surface area contributed by atoms with Crippen molar-refractivity contribution in [2.24, 2.45) is 0 Å². The summed E-state index contributed by atoms with van der Waals surface area (Å²) in [6, 6.07) is 0. The molecule has 0 aliphatic carbocycles. The molecule has 4 heteroatoms. The van der Waals surface area contributed by atoms with Gasteiger partial charge in [0.05, 0.1) is 5.69 Å². The van der Waals surface area contributed by atoms with Crippen molar-refractivity contribution in [3.05, 3.63) is 11.3 Å². The van der Waals surface area contributed by atoms with Gasteiger partial charge in [0.2, 0.25) is 5.88 Å². The van der Waals surface area contributed by atoms with Gasteiger partial charge in [0, 0.05) is 18.0 Å². The zero-order chi connectivity index (χ0) is 9.42. The first-order chi connectivity index (χ1) is 6.18. The van der Waals surface area contributed by atoms with Gasteiger partial charge in [-0.25, -0.2) is 0 Å². The predicted molar refractivity (Wildman–Crippen MR) is 50.5 cm³/mol. The van der Waals surface area contributed by atoms with Gasteiger partial charge in [0.25, 0.3) is 0 Å². The van der Waals surface area contributed by atoms with Crippen molar-refractivity contribution in [3.63, 3.8) is 0 Å². The van der Waals surface area contributed by atoms with E-state index >= 15 is 0 Å². The Kier molecular flexibility index (Phi) is 2.00. The lowest BCUT2D eigenvalue weighted by molar-refractivity contribution is 0.411. The second kappa shape index (κ2) is 3.03. The van der Waals surface area contributed by atoms with Crippen molar-refractivity contribution in [2.75, 3.05) is 25.9 Å². The van der Waals surface area contributed by atoms with Gasteiger partial charge in [0.15, 0.2) is 0 Å². The predicted octanol–water partition coefficient (Wildman–Crippen LogP) is 0.984. The van der Waals surface area contributed by atoms with Crippen LogP contribution in [0.3, 0.4) is 0 Å². The highest BCUT2D eigenvalue weighted by Gasteiger charge is 2.26. The number of nitrogen functional groups attached to an aromatic ring is 1. The van der Waals surface area contributed by atoms with Gasteiger partial charge in [-0.3, -0.25) is 0 Å². The Bertz CT molecular complexity index is 288. The highest BCUT2D eigenvalue weighted by molar-refractivity contribution is 5.42. The first kappa shape index (κ1) is 8.56. The summed E-state index contributed by atoms with van der Waals surface area (Å²) in [6.45, 7) is 4.15. The molecule has 2 heterocycles. The zero-order valence-corrected chi connectivity index (χ0v) is 8.08. The summed E-state index contributed by atoms with van der Waals surface area (Å²) in [7, 11) is 2.12. The number of rotatable bonds is 1. The Labute approximate surface area is 77.7 Å². The standard InChI is InChI=1S/C9H15N3O/c1-6-8(9(10)13-11-6)7-3-4-12(2)5-7/h7H,3-5,10H2,1-2H3. The lowest BCUT2D eigenvalue weighted by atomic mass is 9.99. The Balaban J connectivity index is 2.25. The van der Waals surface area contributed by atoms with Crippen LogP contribution in [0.15, 0.2) is 4.52 Å². The van der Waals surface area contributed by atoms with Crippen LogP contribution in [0, 0.1) is 6.92 Å². The van der Waals surface area contributed by atoms with Crippen LogP contribution >= 0.6 is 0 Å².